The van der Waals surface area contributed by atoms with Crippen LogP contribution in [0.2, 0.25) is 0 Å². The molecule has 3 N–H and O–H groups in total. The number of ether oxygens (including phenoxy) is 1. The summed E-state index contributed by atoms with van der Waals surface area (Å²) in [6.45, 7) is 1.87. The topological polar surface area (TPSA) is 81.4 Å². The third-order valence-electron chi connectivity index (χ3n) is 1.70. The van der Waals surface area contributed by atoms with Crippen LogP contribution < -0.4 is 11.1 Å². The Morgan fingerprint density at radius 1 is 1.40 bits per heavy atom. The van der Waals surface area contributed by atoms with Crippen LogP contribution >= 0.6 is 0 Å². The molecule has 2 amide bonds. The number of rotatable bonds is 2. The van der Waals surface area contributed by atoms with Crippen molar-refractivity contribution in [3.63, 3.8) is 0 Å². The van der Waals surface area contributed by atoms with E-state index in [9.17, 15) is 9.59 Å². The second kappa shape index (κ2) is 4.99. The summed E-state index contributed by atoms with van der Waals surface area (Å²) in [5, 5.41) is 2.06. The summed E-state index contributed by atoms with van der Waals surface area (Å²) in [5.74, 6) is -0.563. The third kappa shape index (κ3) is 2.98. The SMILES string of the molecule is CCOC(=O)NC(=O)c1ccccc1N. The molecule has 0 unspecified atom stereocenters. The molecule has 1 rings (SSSR count). The highest BCUT2D eigenvalue weighted by atomic mass is 16.5. The summed E-state index contributed by atoms with van der Waals surface area (Å²) in [7, 11) is 0. The van der Waals surface area contributed by atoms with E-state index in [1.165, 1.54) is 6.07 Å². The number of alkyl carbamates (subject to hydrolysis) is 1. The standard InChI is InChI=1S/C10H12N2O3/c1-2-15-10(14)12-9(13)7-5-3-4-6-8(7)11/h3-6H,2,11H2,1H3,(H,12,13,14). The molecular formula is C10H12N2O3. The maximum absolute atomic E-state index is 11.5. The lowest BCUT2D eigenvalue weighted by Crippen LogP contribution is -2.31. The Kier molecular flexibility index (Phi) is 3.68. The number of anilines is 1. The van der Waals surface area contributed by atoms with Crippen molar-refractivity contribution in [2.75, 3.05) is 12.3 Å². The van der Waals surface area contributed by atoms with E-state index in [2.05, 4.69) is 10.1 Å². The van der Waals surface area contributed by atoms with Crippen LogP contribution in [0.25, 0.3) is 0 Å². The summed E-state index contributed by atoms with van der Waals surface area (Å²) in [6.07, 6.45) is -0.772. The average Bonchev–Trinajstić information content (AvgIpc) is 2.18. The molecular weight excluding hydrogens is 196 g/mol. The number of amides is 2. The van der Waals surface area contributed by atoms with Gasteiger partial charge in [-0.2, -0.15) is 0 Å². The molecule has 0 radical (unpaired) electrons. The van der Waals surface area contributed by atoms with Crippen LogP contribution in [0, 0.1) is 0 Å². The van der Waals surface area contributed by atoms with Gasteiger partial charge in [0, 0.05) is 5.69 Å². The molecule has 15 heavy (non-hydrogen) atoms. The van der Waals surface area contributed by atoms with Gasteiger partial charge in [-0.1, -0.05) is 12.1 Å². The third-order valence-corrected chi connectivity index (χ3v) is 1.70. The molecule has 5 nitrogen and oxygen atoms in total. The molecule has 0 bridgehead atoms. The first kappa shape index (κ1) is 11.0. The molecule has 0 aliphatic carbocycles. The van der Waals surface area contributed by atoms with E-state index >= 15 is 0 Å². The lowest BCUT2D eigenvalue weighted by molar-refractivity contribution is 0.0926. The van der Waals surface area contributed by atoms with Gasteiger partial charge in [0.05, 0.1) is 12.2 Å². The van der Waals surface area contributed by atoms with Gasteiger partial charge in [0.25, 0.3) is 5.91 Å². The Balaban J connectivity index is 2.70. The van der Waals surface area contributed by atoms with Crippen molar-refractivity contribution in [2.24, 2.45) is 0 Å². The fourth-order valence-corrected chi connectivity index (χ4v) is 1.03. The first-order valence-electron chi connectivity index (χ1n) is 4.47. The summed E-state index contributed by atoms with van der Waals surface area (Å²) in [6, 6.07) is 6.48. The molecule has 0 aromatic heterocycles. The molecule has 5 heteroatoms. The van der Waals surface area contributed by atoms with Gasteiger partial charge < -0.3 is 10.5 Å². The zero-order valence-corrected chi connectivity index (χ0v) is 8.32. The van der Waals surface area contributed by atoms with Crippen molar-refractivity contribution < 1.29 is 14.3 Å². The molecule has 1 aromatic rings. The summed E-state index contributed by atoms with van der Waals surface area (Å²) in [4.78, 5) is 22.4. The molecule has 0 saturated heterocycles. The molecule has 0 atom stereocenters. The quantitative estimate of drug-likeness (QED) is 0.714. The Bertz CT molecular complexity index is 377. The summed E-state index contributed by atoms with van der Waals surface area (Å²) >= 11 is 0. The highest BCUT2D eigenvalue weighted by Gasteiger charge is 2.12. The first-order valence-corrected chi connectivity index (χ1v) is 4.47. The van der Waals surface area contributed by atoms with Crippen LogP contribution in [0.1, 0.15) is 17.3 Å². The van der Waals surface area contributed by atoms with Crippen molar-refractivity contribution in [1.29, 1.82) is 0 Å². The number of benzene rings is 1. The number of nitrogens with two attached hydrogens (primary N) is 1. The highest BCUT2D eigenvalue weighted by molar-refractivity contribution is 6.05. The monoisotopic (exact) mass is 208 g/mol. The second-order valence-electron chi connectivity index (χ2n) is 2.76. The zero-order chi connectivity index (χ0) is 11.3. The first-order chi connectivity index (χ1) is 7.15. The van der Waals surface area contributed by atoms with Crippen LogP contribution in [-0.2, 0) is 4.74 Å². The lowest BCUT2D eigenvalue weighted by Gasteiger charge is -2.05. The number of nitrogens with one attached hydrogen (secondary N) is 1. The predicted molar refractivity (Wildman–Crippen MR) is 55.3 cm³/mol. The van der Waals surface area contributed by atoms with Crippen molar-refractivity contribution in [3.8, 4) is 0 Å². The minimum atomic E-state index is -0.772. The summed E-state index contributed by atoms with van der Waals surface area (Å²) < 4.78 is 4.56. The Hall–Kier alpha value is -2.04. The average molecular weight is 208 g/mol. The maximum atomic E-state index is 11.5. The number of carbonyl (C=O) groups is 2. The summed E-state index contributed by atoms with van der Waals surface area (Å²) in [5.41, 5.74) is 6.13. The van der Waals surface area contributed by atoms with E-state index in [0.29, 0.717) is 5.69 Å². The Morgan fingerprint density at radius 2 is 2.07 bits per heavy atom. The Morgan fingerprint density at radius 3 is 2.67 bits per heavy atom. The van der Waals surface area contributed by atoms with E-state index in [-0.39, 0.29) is 12.2 Å². The molecule has 0 fully saturated rings. The van der Waals surface area contributed by atoms with Crippen molar-refractivity contribution >= 4 is 17.7 Å². The normalized spacial score (nSPS) is 9.40. The van der Waals surface area contributed by atoms with Crippen LogP contribution in [0.3, 0.4) is 0 Å². The number of imide groups is 1. The Labute approximate surface area is 87.2 Å². The van der Waals surface area contributed by atoms with Crippen LogP contribution in [-0.4, -0.2) is 18.6 Å². The fourth-order valence-electron chi connectivity index (χ4n) is 1.03. The van der Waals surface area contributed by atoms with E-state index in [1.807, 2.05) is 0 Å². The molecule has 0 aliphatic heterocycles. The van der Waals surface area contributed by atoms with Gasteiger partial charge in [-0.15, -0.1) is 0 Å². The zero-order valence-electron chi connectivity index (χ0n) is 8.32. The minimum Gasteiger partial charge on any atom is -0.450 e. The molecule has 1 aromatic carbocycles. The van der Waals surface area contributed by atoms with Gasteiger partial charge >= 0.3 is 6.09 Å². The van der Waals surface area contributed by atoms with Crippen LogP contribution in [0.5, 0.6) is 0 Å². The number of para-hydroxylation sites is 1. The molecule has 0 heterocycles. The number of hydrogen-bond acceptors (Lipinski definition) is 4. The minimum absolute atomic E-state index is 0.212. The smallest absolute Gasteiger partial charge is 0.414 e. The van der Waals surface area contributed by atoms with Crippen LogP contribution in [0.15, 0.2) is 24.3 Å². The molecule has 80 valence electrons. The predicted octanol–water partition coefficient (Wildman–Crippen LogP) is 1.16. The van der Waals surface area contributed by atoms with E-state index in [4.69, 9.17) is 5.73 Å². The van der Waals surface area contributed by atoms with Crippen LogP contribution in [0.4, 0.5) is 10.5 Å². The largest absolute Gasteiger partial charge is 0.450 e. The second-order valence-corrected chi connectivity index (χ2v) is 2.76. The van der Waals surface area contributed by atoms with Gasteiger partial charge in [0.1, 0.15) is 0 Å². The van der Waals surface area contributed by atoms with E-state index < -0.39 is 12.0 Å². The van der Waals surface area contributed by atoms with Crippen molar-refractivity contribution in [3.05, 3.63) is 29.8 Å². The van der Waals surface area contributed by atoms with Gasteiger partial charge in [-0.05, 0) is 19.1 Å². The highest BCUT2D eigenvalue weighted by Crippen LogP contribution is 2.09. The van der Waals surface area contributed by atoms with Crippen molar-refractivity contribution in [1.82, 2.24) is 5.32 Å². The number of nitrogen functional groups attached to an aromatic ring is 1. The van der Waals surface area contributed by atoms with Gasteiger partial charge in [-0.3, -0.25) is 10.1 Å². The van der Waals surface area contributed by atoms with Gasteiger partial charge in [-0.25, -0.2) is 4.79 Å². The molecule has 0 spiro atoms. The molecule has 0 saturated carbocycles. The van der Waals surface area contributed by atoms with Gasteiger partial charge in [0.15, 0.2) is 0 Å². The number of hydrogen-bond donors (Lipinski definition) is 2. The van der Waals surface area contributed by atoms with Gasteiger partial charge in [0.2, 0.25) is 0 Å². The lowest BCUT2D eigenvalue weighted by atomic mass is 10.2. The molecule has 0 aliphatic rings. The fraction of sp³-hybridized carbons (Fsp3) is 0.200. The number of carbonyl (C=O) groups excluding carboxylic acids is 2. The van der Waals surface area contributed by atoms with E-state index in [1.54, 1.807) is 25.1 Å². The maximum Gasteiger partial charge on any atom is 0.414 e. The van der Waals surface area contributed by atoms with Crippen molar-refractivity contribution in [2.45, 2.75) is 6.92 Å². The van der Waals surface area contributed by atoms with E-state index in [0.717, 1.165) is 0 Å².